The number of ether oxygens (including phenoxy) is 1. The van der Waals surface area contributed by atoms with Gasteiger partial charge in [-0.1, -0.05) is 34.8 Å². The quantitative estimate of drug-likeness (QED) is 0.769. The molecule has 2 amide bonds. The highest BCUT2D eigenvalue weighted by Gasteiger charge is 2.26. The minimum absolute atomic E-state index is 0.0524. The van der Waals surface area contributed by atoms with Crippen molar-refractivity contribution in [3.8, 4) is 5.75 Å². The molecule has 2 rings (SSSR count). The van der Waals surface area contributed by atoms with Gasteiger partial charge in [-0.05, 0) is 24.3 Å². The summed E-state index contributed by atoms with van der Waals surface area (Å²) in [5.41, 5.74) is 0. The van der Waals surface area contributed by atoms with E-state index in [1.54, 1.807) is 34.1 Å². The maximum Gasteiger partial charge on any atom is 0.260 e. The van der Waals surface area contributed by atoms with Gasteiger partial charge in [0.05, 0.1) is 0 Å². The number of carbonyl (C=O) groups is 2. The van der Waals surface area contributed by atoms with Crippen LogP contribution < -0.4 is 4.74 Å². The van der Waals surface area contributed by atoms with Crippen LogP contribution in [0.1, 0.15) is 0 Å². The molecule has 0 radical (unpaired) electrons. The van der Waals surface area contributed by atoms with Crippen LogP contribution in [-0.2, 0) is 9.59 Å². The molecule has 1 aliphatic heterocycles. The average Bonchev–Trinajstić information content (AvgIpc) is 2.53. The molecule has 0 bridgehead atoms. The Balaban J connectivity index is 1.77. The summed E-state index contributed by atoms with van der Waals surface area (Å²) in [7, 11) is 0. The predicted octanol–water partition coefficient (Wildman–Crippen LogP) is 2.19. The van der Waals surface area contributed by atoms with Crippen LogP contribution in [0.15, 0.2) is 24.3 Å². The third kappa shape index (κ3) is 4.66. The van der Waals surface area contributed by atoms with E-state index < -0.39 is 4.84 Å². The lowest BCUT2D eigenvalue weighted by atomic mass is 10.3. The van der Waals surface area contributed by atoms with Crippen molar-refractivity contribution in [1.82, 2.24) is 9.80 Å². The van der Waals surface area contributed by atoms with Gasteiger partial charge in [0.15, 0.2) is 11.4 Å². The van der Waals surface area contributed by atoms with Gasteiger partial charge in [-0.3, -0.25) is 9.59 Å². The summed E-state index contributed by atoms with van der Waals surface area (Å²) in [4.78, 5) is 25.8. The Morgan fingerprint density at radius 3 is 2.14 bits per heavy atom. The second kappa shape index (κ2) is 7.90. The number of amides is 2. The molecule has 1 saturated heterocycles. The molecular formula is C14H15Cl3N2O3. The number of rotatable bonds is 4. The van der Waals surface area contributed by atoms with Gasteiger partial charge >= 0.3 is 0 Å². The van der Waals surface area contributed by atoms with Crippen LogP contribution in [0, 0.1) is 0 Å². The first-order valence-electron chi connectivity index (χ1n) is 6.70. The molecule has 0 spiro atoms. The van der Waals surface area contributed by atoms with E-state index in [2.05, 4.69) is 0 Å². The van der Waals surface area contributed by atoms with Gasteiger partial charge < -0.3 is 14.5 Å². The molecule has 0 N–H and O–H groups in total. The minimum atomic E-state index is -1.06. The van der Waals surface area contributed by atoms with E-state index in [0.717, 1.165) is 0 Å². The van der Waals surface area contributed by atoms with E-state index in [-0.39, 0.29) is 18.4 Å². The van der Waals surface area contributed by atoms with Crippen molar-refractivity contribution in [1.29, 1.82) is 0 Å². The lowest BCUT2D eigenvalue weighted by Gasteiger charge is -2.34. The zero-order valence-corrected chi connectivity index (χ0v) is 13.9. The molecule has 0 aliphatic carbocycles. The van der Waals surface area contributed by atoms with Crippen LogP contribution in [0.3, 0.4) is 0 Å². The summed E-state index contributed by atoms with van der Waals surface area (Å²) in [6.07, 6.45) is 0. The lowest BCUT2D eigenvalue weighted by molar-refractivity contribution is -0.139. The van der Waals surface area contributed by atoms with Crippen LogP contribution in [-0.4, -0.2) is 59.2 Å². The van der Waals surface area contributed by atoms with Gasteiger partial charge in [-0.25, -0.2) is 0 Å². The van der Waals surface area contributed by atoms with Crippen LogP contribution in [0.25, 0.3) is 0 Å². The molecule has 1 aliphatic rings. The number of halogens is 3. The number of carbonyl (C=O) groups excluding carboxylic acids is 2. The van der Waals surface area contributed by atoms with E-state index in [1.807, 2.05) is 0 Å². The predicted molar refractivity (Wildman–Crippen MR) is 85.6 cm³/mol. The van der Waals surface area contributed by atoms with Crippen molar-refractivity contribution >= 4 is 46.6 Å². The smallest absolute Gasteiger partial charge is 0.260 e. The maximum absolute atomic E-state index is 12.1. The number of hydrogen-bond acceptors (Lipinski definition) is 3. The zero-order chi connectivity index (χ0) is 16.1. The topological polar surface area (TPSA) is 49.9 Å². The average molecular weight is 366 g/mol. The number of alkyl halides is 2. The van der Waals surface area contributed by atoms with Gasteiger partial charge in [0.2, 0.25) is 0 Å². The van der Waals surface area contributed by atoms with E-state index >= 15 is 0 Å². The number of hydrogen-bond donors (Lipinski definition) is 0. The first kappa shape index (κ1) is 17.2. The molecule has 0 aromatic heterocycles. The van der Waals surface area contributed by atoms with Gasteiger partial charge in [0.1, 0.15) is 5.75 Å². The number of benzene rings is 1. The van der Waals surface area contributed by atoms with Crippen LogP contribution in [0.4, 0.5) is 0 Å². The molecule has 1 aromatic rings. The summed E-state index contributed by atoms with van der Waals surface area (Å²) < 4.78 is 5.42. The van der Waals surface area contributed by atoms with Crippen molar-refractivity contribution in [2.45, 2.75) is 4.84 Å². The fourth-order valence-corrected chi connectivity index (χ4v) is 2.48. The largest absolute Gasteiger partial charge is 0.484 e. The molecule has 1 fully saturated rings. The molecule has 0 atom stereocenters. The van der Waals surface area contributed by atoms with E-state index in [9.17, 15) is 9.59 Å². The second-order valence-electron chi connectivity index (χ2n) is 4.75. The summed E-state index contributed by atoms with van der Waals surface area (Å²) in [6.45, 7) is 1.66. The van der Waals surface area contributed by atoms with Crippen LogP contribution in [0.2, 0.25) is 5.02 Å². The SMILES string of the molecule is O=C(COc1ccc(Cl)cc1)N1CCN(C(=O)C(Cl)Cl)CC1. The third-order valence-corrected chi connectivity index (χ3v) is 3.93. The van der Waals surface area contributed by atoms with Crippen molar-refractivity contribution in [2.75, 3.05) is 32.8 Å². The fourth-order valence-electron chi connectivity index (χ4n) is 2.08. The molecular weight excluding hydrogens is 351 g/mol. The summed E-state index contributed by atoms with van der Waals surface area (Å²) in [5.74, 6) is 0.127. The Morgan fingerprint density at radius 1 is 1.05 bits per heavy atom. The Labute approximate surface area is 143 Å². The summed E-state index contributed by atoms with van der Waals surface area (Å²) >= 11 is 16.9. The Hall–Kier alpha value is -1.17. The van der Waals surface area contributed by atoms with Crippen molar-refractivity contribution in [3.63, 3.8) is 0 Å². The summed E-state index contributed by atoms with van der Waals surface area (Å²) in [6, 6.07) is 6.79. The van der Waals surface area contributed by atoms with E-state index in [4.69, 9.17) is 39.5 Å². The van der Waals surface area contributed by atoms with Crippen molar-refractivity contribution in [2.24, 2.45) is 0 Å². The standard InChI is InChI=1S/C14H15Cl3N2O3/c15-10-1-3-11(4-2-10)22-9-12(20)18-5-7-19(8-6-18)14(21)13(16)17/h1-4,13H,5-9H2. The Bertz CT molecular complexity index is 529. The second-order valence-corrected chi connectivity index (χ2v) is 6.28. The van der Waals surface area contributed by atoms with Gasteiger partial charge in [-0.2, -0.15) is 0 Å². The molecule has 120 valence electrons. The zero-order valence-electron chi connectivity index (χ0n) is 11.7. The number of nitrogens with zero attached hydrogens (tertiary/aromatic N) is 2. The van der Waals surface area contributed by atoms with Gasteiger partial charge in [0.25, 0.3) is 11.8 Å². The first-order valence-corrected chi connectivity index (χ1v) is 7.95. The maximum atomic E-state index is 12.1. The number of piperazine rings is 1. The van der Waals surface area contributed by atoms with E-state index in [0.29, 0.717) is 37.0 Å². The Morgan fingerprint density at radius 2 is 1.59 bits per heavy atom. The molecule has 5 nitrogen and oxygen atoms in total. The highest BCUT2D eigenvalue weighted by molar-refractivity contribution is 6.53. The molecule has 1 heterocycles. The minimum Gasteiger partial charge on any atom is -0.484 e. The lowest BCUT2D eigenvalue weighted by Crippen LogP contribution is -2.52. The van der Waals surface area contributed by atoms with Crippen LogP contribution >= 0.6 is 34.8 Å². The van der Waals surface area contributed by atoms with Crippen LogP contribution in [0.5, 0.6) is 5.75 Å². The third-order valence-electron chi connectivity index (χ3n) is 3.31. The highest BCUT2D eigenvalue weighted by atomic mass is 35.5. The highest BCUT2D eigenvalue weighted by Crippen LogP contribution is 2.16. The first-order chi connectivity index (χ1) is 10.5. The van der Waals surface area contributed by atoms with Gasteiger partial charge in [-0.15, -0.1) is 0 Å². The van der Waals surface area contributed by atoms with E-state index in [1.165, 1.54) is 0 Å². The normalized spacial score (nSPS) is 15.1. The molecule has 1 aromatic carbocycles. The van der Waals surface area contributed by atoms with Crippen molar-refractivity contribution < 1.29 is 14.3 Å². The molecule has 0 unspecified atom stereocenters. The van der Waals surface area contributed by atoms with Crippen molar-refractivity contribution in [3.05, 3.63) is 29.3 Å². The molecule has 22 heavy (non-hydrogen) atoms. The monoisotopic (exact) mass is 364 g/mol. The molecule has 8 heteroatoms. The van der Waals surface area contributed by atoms with Gasteiger partial charge in [0, 0.05) is 31.2 Å². The molecule has 0 saturated carbocycles. The summed E-state index contributed by atoms with van der Waals surface area (Å²) in [5, 5.41) is 0.608. The fraction of sp³-hybridized carbons (Fsp3) is 0.429. The Kier molecular flexibility index (Phi) is 6.17.